The van der Waals surface area contributed by atoms with E-state index in [4.69, 9.17) is 11.6 Å². The summed E-state index contributed by atoms with van der Waals surface area (Å²) in [7, 11) is 0. The van der Waals surface area contributed by atoms with Crippen molar-refractivity contribution in [1.29, 1.82) is 0 Å². The van der Waals surface area contributed by atoms with E-state index in [0.717, 1.165) is 38.6 Å². The summed E-state index contributed by atoms with van der Waals surface area (Å²) < 4.78 is 0. The molecule has 1 aliphatic carbocycles. The summed E-state index contributed by atoms with van der Waals surface area (Å²) in [5, 5.41) is 10.5. The van der Waals surface area contributed by atoms with E-state index in [1.54, 1.807) is 6.07 Å². The number of carbonyl (C=O) groups is 2. The molecular formula is C21H27ClN2O3. The van der Waals surface area contributed by atoms with Crippen LogP contribution in [0.1, 0.15) is 61.7 Å². The number of rotatable bonds is 2. The molecule has 0 radical (unpaired) electrons. The zero-order valence-electron chi connectivity index (χ0n) is 15.6. The molecule has 2 saturated heterocycles. The summed E-state index contributed by atoms with van der Waals surface area (Å²) in [6.45, 7) is 2.18. The molecule has 1 N–H and O–H groups in total. The largest absolute Gasteiger partial charge is 0.507 e. The molecule has 2 amide bonds. The van der Waals surface area contributed by atoms with Crippen molar-refractivity contribution in [2.24, 2.45) is 5.41 Å². The maximum Gasteiger partial charge on any atom is 0.257 e. The minimum absolute atomic E-state index is 0.0274. The van der Waals surface area contributed by atoms with Gasteiger partial charge in [-0.1, -0.05) is 24.4 Å². The van der Waals surface area contributed by atoms with Crippen molar-refractivity contribution >= 4 is 23.4 Å². The molecule has 146 valence electrons. The quantitative estimate of drug-likeness (QED) is 0.834. The average molecular weight is 391 g/mol. The van der Waals surface area contributed by atoms with Crippen molar-refractivity contribution in [1.82, 2.24) is 9.80 Å². The summed E-state index contributed by atoms with van der Waals surface area (Å²) in [5.74, 6) is 0.125. The lowest BCUT2D eigenvalue weighted by Gasteiger charge is -2.49. The molecule has 1 aromatic rings. The van der Waals surface area contributed by atoms with Crippen LogP contribution in [0.2, 0.25) is 5.02 Å². The molecule has 0 unspecified atom stereocenters. The van der Waals surface area contributed by atoms with Crippen LogP contribution in [0.25, 0.3) is 0 Å². The number of phenolic OH excluding ortho intramolecular Hbond substituents is 1. The maximum atomic E-state index is 12.8. The Kier molecular flexibility index (Phi) is 5.06. The highest BCUT2D eigenvalue weighted by molar-refractivity contribution is 6.31. The Bertz CT molecular complexity index is 737. The topological polar surface area (TPSA) is 60.9 Å². The van der Waals surface area contributed by atoms with Crippen molar-refractivity contribution in [3.8, 4) is 5.75 Å². The van der Waals surface area contributed by atoms with E-state index in [2.05, 4.69) is 4.90 Å². The molecule has 3 fully saturated rings. The zero-order valence-corrected chi connectivity index (χ0v) is 16.4. The van der Waals surface area contributed by atoms with E-state index in [1.807, 2.05) is 4.90 Å². The van der Waals surface area contributed by atoms with Crippen molar-refractivity contribution in [3.05, 3.63) is 28.8 Å². The zero-order chi connectivity index (χ0) is 19.0. The van der Waals surface area contributed by atoms with Crippen LogP contribution >= 0.6 is 11.6 Å². The van der Waals surface area contributed by atoms with Gasteiger partial charge in [-0.3, -0.25) is 9.59 Å². The van der Waals surface area contributed by atoms with Crippen LogP contribution in [0.4, 0.5) is 0 Å². The summed E-state index contributed by atoms with van der Waals surface area (Å²) in [4.78, 5) is 29.2. The maximum absolute atomic E-state index is 12.8. The van der Waals surface area contributed by atoms with Gasteiger partial charge in [-0.2, -0.15) is 0 Å². The molecule has 0 aromatic heterocycles. The van der Waals surface area contributed by atoms with Gasteiger partial charge in [0.15, 0.2) is 0 Å². The first-order valence-electron chi connectivity index (χ1n) is 10.0. The first-order valence-corrected chi connectivity index (χ1v) is 10.4. The molecular weight excluding hydrogens is 364 g/mol. The van der Waals surface area contributed by atoms with Gasteiger partial charge in [0.25, 0.3) is 5.91 Å². The molecule has 2 heterocycles. The van der Waals surface area contributed by atoms with E-state index in [1.165, 1.54) is 25.0 Å². The van der Waals surface area contributed by atoms with E-state index in [9.17, 15) is 14.7 Å². The first-order chi connectivity index (χ1) is 13.0. The number of hydrogen-bond acceptors (Lipinski definition) is 3. The SMILES string of the molecule is O=C(c1cc(Cl)ccc1O)N1CCC2(CCC(=O)N(C3CCCC3)C2)CC1. The monoisotopic (exact) mass is 390 g/mol. The van der Waals surface area contributed by atoms with Gasteiger partial charge in [0.2, 0.25) is 5.91 Å². The number of piperidine rings is 2. The smallest absolute Gasteiger partial charge is 0.257 e. The number of nitrogens with zero attached hydrogens (tertiary/aromatic N) is 2. The van der Waals surface area contributed by atoms with Crippen LogP contribution in [0, 0.1) is 5.41 Å². The number of phenols is 1. The van der Waals surface area contributed by atoms with Gasteiger partial charge in [-0.05, 0) is 55.7 Å². The Morgan fingerprint density at radius 2 is 1.85 bits per heavy atom. The third-order valence-corrected chi connectivity index (χ3v) is 7.00. The number of benzene rings is 1. The van der Waals surface area contributed by atoms with Crippen LogP contribution < -0.4 is 0 Å². The second kappa shape index (κ2) is 7.34. The van der Waals surface area contributed by atoms with Gasteiger partial charge in [0, 0.05) is 37.1 Å². The molecule has 4 rings (SSSR count). The standard InChI is InChI=1S/C21H27ClN2O3/c22-15-5-6-18(25)17(13-15)20(27)23-11-9-21(10-12-23)8-7-19(26)24(14-21)16-3-1-2-4-16/h5-6,13,16,25H,1-4,7-12,14H2. The number of hydrogen-bond donors (Lipinski definition) is 1. The number of halogens is 1. The Morgan fingerprint density at radius 1 is 1.15 bits per heavy atom. The fraction of sp³-hybridized carbons (Fsp3) is 0.619. The average Bonchev–Trinajstić information content (AvgIpc) is 3.20. The minimum atomic E-state index is -0.163. The van der Waals surface area contributed by atoms with E-state index >= 15 is 0 Å². The predicted octanol–water partition coefficient (Wildman–Crippen LogP) is 3.83. The molecule has 1 spiro atoms. The number of amides is 2. The van der Waals surface area contributed by atoms with Crippen molar-refractivity contribution in [2.45, 2.75) is 57.4 Å². The van der Waals surface area contributed by atoms with E-state index < -0.39 is 0 Å². The summed E-state index contributed by atoms with van der Waals surface area (Å²) in [6.07, 6.45) is 8.13. The Morgan fingerprint density at radius 3 is 2.56 bits per heavy atom. The molecule has 0 atom stereocenters. The van der Waals surface area contributed by atoms with E-state index in [-0.39, 0.29) is 22.6 Å². The van der Waals surface area contributed by atoms with Crippen molar-refractivity contribution < 1.29 is 14.7 Å². The number of likely N-dealkylation sites (tertiary alicyclic amines) is 2. The van der Waals surface area contributed by atoms with Crippen molar-refractivity contribution in [3.63, 3.8) is 0 Å². The van der Waals surface area contributed by atoms with Crippen molar-refractivity contribution in [2.75, 3.05) is 19.6 Å². The third kappa shape index (κ3) is 3.66. The highest BCUT2D eigenvalue weighted by Crippen LogP contribution is 2.42. The first kappa shape index (κ1) is 18.6. The lowest BCUT2D eigenvalue weighted by atomic mass is 9.72. The van der Waals surface area contributed by atoms with Gasteiger partial charge in [-0.25, -0.2) is 0 Å². The molecule has 1 saturated carbocycles. The highest BCUT2D eigenvalue weighted by Gasteiger charge is 2.44. The Labute approximate surface area is 165 Å². The molecule has 0 bridgehead atoms. The van der Waals surface area contributed by atoms with Gasteiger partial charge in [0.1, 0.15) is 5.75 Å². The van der Waals surface area contributed by atoms with Crippen LogP contribution in [-0.2, 0) is 4.79 Å². The van der Waals surface area contributed by atoms with Gasteiger partial charge < -0.3 is 14.9 Å². The van der Waals surface area contributed by atoms with Crippen LogP contribution in [0.5, 0.6) is 5.75 Å². The third-order valence-electron chi connectivity index (χ3n) is 6.76. The lowest BCUT2D eigenvalue weighted by molar-refractivity contribution is -0.142. The highest BCUT2D eigenvalue weighted by atomic mass is 35.5. The Balaban J connectivity index is 1.42. The molecule has 27 heavy (non-hydrogen) atoms. The second-order valence-corrected chi connectivity index (χ2v) is 8.85. The normalized spacial score (nSPS) is 23.2. The molecule has 1 aromatic carbocycles. The summed E-state index contributed by atoms with van der Waals surface area (Å²) in [5.41, 5.74) is 0.411. The molecule has 6 heteroatoms. The summed E-state index contributed by atoms with van der Waals surface area (Å²) in [6, 6.07) is 5.01. The fourth-order valence-electron chi connectivity index (χ4n) is 5.04. The van der Waals surface area contributed by atoms with Crippen LogP contribution in [0.15, 0.2) is 18.2 Å². The van der Waals surface area contributed by atoms with Crippen LogP contribution in [-0.4, -0.2) is 52.4 Å². The van der Waals surface area contributed by atoms with Gasteiger partial charge >= 0.3 is 0 Å². The Hall–Kier alpha value is -1.75. The molecule has 3 aliphatic rings. The lowest BCUT2D eigenvalue weighted by Crippen LogP contribution is -2.54. The van der Waals surface area contributed by atoms with E-state index in [0.29, 0.717) is 36.5 Å². The molecule has 2 aliphatic heterocycles. The van der Waals surface area contributed by atoms with Gasteiger partial charge in [0.05, 0.1) is 5.56 Å². The molecule has 5 nitrogen and oxygen atoms in total. The number of aromatic hydroxyl groups is 1. The van der Waals surface area contributed by atoms with Crippen LogP contribution in [0.3, 0.4) is 0 Å². The van der Waals surface area contributed by atoms with Gasteiger partial charge in [-0.15, -0.1) is 0 Å². The predicted molar refractivity (Wildman–Crippen MR) is 104 cm³/mol. The minimum Gasteiger partial charge on any atom is -0.507 e. The second-order valence-electron chi connectivity index (χ2n) is 8.41. The fourth-order valence-corrected chi connectivity index (χ4v) is 5.21. The number of carbonyl (C=O) groups excluding carboxylic acids is 2. The summed E-state index contributed by atoms with van der Waals surface area (Å²) >= 11 is 5.99.